The van der Waals surface area contributed by atoms with Gasteiger partial charge in [0.05, 0.1) is 35.0 Å². The number of halogens is 3. The van der Waals surface area contributed by atoms with Gasteiger partial charge in [0, 0.05) is 18.2 Å². The molecular formula is C25H22F3N5O2S. The van der Waals surface area contributed by atoms with E-state index in [0.717, 1.165) is 0 Å². The topological polar surface area (TPSA) is 107 Å². The number of amidine groups is 1. The van der Waals surface area contributed by atoms with Gasteiger partial charge in [0.25, 0.3) is 5.92 Å². The zero-order valence-corrected chi connectivity index (χ0v) is 20.2. The molecule has 1 saturated carbocycles. The number of benzene rings is 1. The molecule has 3 heterocycles. The lowest BCUT2D eigenvalue weighted by molar-refractivity contribution is 0.0559. The molecule has 0 spiro atoms. The number of aliphatic hydroxyl groups is 1. The maximum absolute atomic E-state index is 15.1. The van der Waals surface area contributed by atoms with Crippen molar-refractivity contribution in [3.8, 4) is 18.2 Å². The molecule has 2 aromatic heterocycles. The van der Waals surface area contributed by atoms with E-state index in [2.05, 4.69) is 25.9 Å². The van der Waals surface area contributed by atoms with Gasteiger partial charge in [-0.05, 0) is 31.5 Å². The Morgan fingerprint density at radius 2 is 2.08 bits per heavy atom. The largest absolute Gasteiger partial charge is 0.463 e. The van der Waals surface area contributed by atoms with Crippen molar-refractivity contribution in [2.75, 3.05) is 6.61 Å². The van der Waals surface area contributed by atoms with Crippen LogP contribution in [0.15, 0.2) is 41.7 Å². The van der Waals surface area contributed by atoms with E-state index < -0.39 is 34.0 Å². The Balaban J connectivity index is 1.53. The van der Waals surface area contributed by atoms with Gasteiger partial charge in [-0.25, -0.2) is 23.1 Å². The molecule has 0 unspecified atom stereocenters. The number of fused-ring (bicyclic) bond motifs is 2. The van der Waals surface area contributed by atoms with Crippen molar-refractivity contribution < 1.29 is 23.0 Å². The van der Waals surface area contributed by atoms with Crippen LogP contribution < -0.4 is 10.5 Å². The third-order valence-corrected chi connectivity index (χ3v) is 8.28. The van der Waals surface area contributed by atoms with Crippen molar-refractivity contribution >= 4 is 28.0 Å². The maximum Gasteiger partial charge on any atom is 0.273 e. The van der Waals surface area contributed by atoms with Gasteiger partial charge < -0.3 is 15.6 Å². The first-order valence-corrected chi connectivity index (χ1v) is 11.9. The zero-order valence-electron chi connectivity index (χ0n) is 19.4. The zero-order chi connectivity index (χ0) is 25.9. The highest BCUT2D eigenvalue weighted by atomic mass is 32.2. The van der Waals surface area contributed by atoms with Gasteiger partial charge in [0.15, 0.2) is 11.8 Å². The van der Waals surface area contributed by atoms with Crippen LogP contribution in [0.1, 0.15) is 30.7 Å². The maximum atomic E-state index is 15.1. The summed E-state index contributed by atoms with van der Waals surface area (Å²) < 4.78 is 48.9. The number of pyridine rings is 1. The Labute approximate surface area is 209 Å². The number of rotatable bonds is 6. The number of aromatic nitrogens is 3. The smallest absolute Gasteiger partial charge is 0.273 e. The van der Waals surface area contributed by atoms with E-state index in [1.165, 1.54) is 32.2 Å². The molecule has 4 atom stereocenters. The van der Waals surface area contributed by atoms with Crippen LogP contribution in [0.4, 0.5) is 13.2 Å². The average molecular weight is 514 g/mol. The van der Waals surface area contributed by atoms with E-state index in [1.54, 1.807) is 18.3 Å². The third kappa shape index (κ3) is 3.50. The molecule has 5 rings (SSSR count). The summed E-state index contributed by atoms with van der Waals surface area (Å²) >= 11 is 0.654. The lowest BCUT2D eigenvalue weighted by Crippen LogP contribution is -2.40. The molecule has 0 saturated heterocycles. The summed E-state index contributed by atoms with van der Waals surface area (Å²) in [5, 5.41) is 10.1. The molecule has 0 radical (unpaired) electrons. The van der Waals surface area contributed by atoms with E-state index in [-0.39, 0.29) is 29.6 Å². The summed E-state index contributed by atoms with van der Waals surface area (Å²) in [6, 6.07) is 5.95. The molecule has 1 fully saturated rings. The summed E-state index contributed by atoms with van der Waals surface area (Å²) in [6.07, 6.45) is 7.06. The van der Waals surface area contributed by atoms with Gasteiger partial charge in [-0.3, -0.25) is 9.98 Å². The first-order chi connectivity index (χ1) is 17.0. The molecule has 1 aliphatic heterocycles. The van der Waals surface area contributed by atoms with E-state index in [1.807, 2.05) is 0 Å². The number of nitrogens with zero attached hydrogens (tertiary/aromatic N) is 4. The lowest BCUT2D eigenvalue weighted by Gasteiger charge is -2.33. The number of aliphatic imine (C=N–C) groups is 1. The number of alkyl halides is 2. The quantitative estimate of drug-likeness (QED) is 0.487. The minimum absolute atomic E-state index is 0.0215. The van der Waals surface area contributed by atoms with Gasteiger partial charge in [0.2, 0.25) is 5.88 Å². The number of hydrogen-bond donors (Lipinski definition) is 2. The Kier molecular flexibility index (Phi) is 5.65. The van der Waals surface area contributed by atoms with E-state index >= 15 is 13.2 Å². The summed E-state index contributed by atoms with van der Waals surface area (Å²) in [5.41, 5.74) is 6.45. The third-order valence-electron chi connectivity index (χ3n) is 6.79. The van der Waals surface area contributed by atoms with Crippen LogP contribution in [-0.2, 0) is 12.0 Å². The molecule has 3 aromatic rings. The van der Waals surface area contributed by atoms with E-state index in [4.69, 9.17) is 16.9 Å². The molecule has 36 heavy (non-hydrogen) atoms. The average Bonchev–Trinajstić information content (AvgIpc) is 3.35. The first kappa shape index (κ1) is 24.3. The SMILES string of the molecule is C#CCOc1cnc2c(Cc3ccc(F)c([C@@]4(C)N=C(N)S[C@]5([C@@H](C)O)[C@H]4C5(F)F)c3)nccc2n1. The second-order valence-electron chi connectivity index (χ2n) is 9.04. The number of hydrogen-bond acceptors (Lipinski definition) is 8. The van der Waals surface area contributed by atoms with E-state index in [0.29, 0.717) is 34.1 Å². The minimum atomic E-state index is -3.29. The van der Waals surface area contributed by atoms with Crippen molar-refractivity contribution in [1.29, 1.82) is 0 Å². The van der Waals surface area contributed by atoms with Crippen LogP contribution >= 0.6 is 11.8 Å². The monoisotopic (exact) mass is 513 g/mol. The van der Waals surface area contributed by atoms with Crippen molar-refractivity contribution in [3.63, 3.8) is 0 Å². The normalized spacial score (nSPS) is 27.0. The fourth-order valence-corrected chi connectivity index (χ4v) is 6.61. The lowest BCUT2D eigenvalue weighted by atomic mass is 9.83. The van der Waals surface area contributed by atoms with Crippen molar-refractivity contribution in [1.82, 2.24) is 15.0 Å². The van der Waals surface area contributed by atoms with Crippen molar-refractivity contribution in [2.24, 2.45) is 16.6 Å². The van der Waals surface area contributed by atoms with Gasteiger partial charge in [-0.15, -0.1) is 6.42 Å². The number of aliphatic hydroxyl groups excluding tert-OH is 1. The number of nitrogens with two attached hydrogens (primary N) is 1. The Morgan fingerprint density at radius 1 is 1.31 bits per heavy atom. The fourth-order valence-electron chi connectivity index (χ4n) is 5.17. The van der Waals surface area contributed by atoms with Crippen molar-refractivity contribution in [3.05, 3.63) is 59.3 Å². The van der Waals surface area contributed by atoms with Gasteiger partial charge in [0.1, 0.15) is 16.1 Å². The number of ether oxygens (including phenoxy) is 1. The van der Waals surface area contributed by atoms with Crippen LogP contribution in [-0.4, -0.2) is 48.6 Å². The Hall–Kier alpha value is -3.36. The number of terminal acetylenes is 1. The second-order valence-corrected chi connectivity index (χ2v) is 10.3. The highest BCUT2D eigenvalue weighted by Crippen LogP contribution is 2.75. The molecule has 3 N–H and O–H groups in total. The van der Waals surface area contributed by atoms with Gasteiger partial charge in [-0.1, -0.05) is 29.8 Å². The van der Waals surface area contributed by atoms with Crippen molar-refractivity contribution in [2.45, 2.75) is 42.6 Å². The standard InChI is InChI=1S/C25H22F3N5O2S/c1-4-9-35-19-12-31-20-17(32-19)7-8-30-18(20)11-14-5-6-16(26)15(10-14)23(3)21-24(13(2)34,25(21,27)28)36-22(29)33-23/h1,5-8,10,12-13,21,34H,9,11H2,2-3H3,(H2,29,33)/t13-,21+,23-,24-/m1/s1. The molecule has 1 aromatic carbocycles. The van der Waals surface area contributed by atoms with Crippen LogP contribution in [0.25, 0.3) is 11.0 Å². The second kappa shape index (κ2) is 8.35. The Morgan fingerprint density at radius 3 is 2.81 bits per heavy atom. The molecule has 11 heteroatoms. The highest BCUT2D eigenvalue weighted by molar-refractivity contribution is 8.15. The summed E-state index contributed by atoms with van der Waals surface area (Å²) in [6.45, 7) is 2.78. The molecule has 2 aliphatic rings. The highest BCUT2D eigenvalue weighted by Gasteiger charge is 2.89. The molecule has 186 valence electrons. The predicted octanol–water partition coefficient (Wildman–Crippen LogP) is 3.43. The van der Waals surface area contributed by atoms with Gasteiger partial charge >= 0.3 is 0 Å². The molecule has 7 nitrogen and oxygen atoms in total. The fraction of sp³-hybridized carbons (Fsp3) is 0.360. The summed E-state index contributed by atoms with van der Waals surface area (Å²) in [5.74, 6) is -2.78. The predicted molar refractivity (Wildman–Crippen MR) is 130 cm³/mol. The molecule has 0 bridgehead atoms. The first-order valence-electron chi connectivity index (χ1n) is 11.1. The molecule has 1 aliphatic carbocycles. The molecule has 0 amide bonds. The van der Waals surface area contributed by atoms with Gasteiger partial charge in [-0.2, -0.15) is 0 Å². The van der Waals surface area contributed by atoms with Crippen LogP contribution in [0, 0.1) is 24.1 Å². The summed E-state index contributed by atoms with van der Waals surface area (Å²) in [7, 11) is 0. The molecular weight excluding hydrogens is 491 g/mol. The number of thioether (sulfide) groups is 1. The Bertz CT molecular complexity index is 1440. The summed E-state index contributed by atoms with van der Waals surface area (Å²) in [4.78, 5) is 17.4. The van der Waals surface area contributed by atoms with Crippen LogP contribution in [0.2, 0.25) is 0 Å². The van der Waals surface area contributed by atoms with Crippen LogP contribution in [0.3, 0.4) is 0 Å². The van der Waals surface area contributed by atoms with Crippen LogP contribution in [0.5, 0.6) is 5.88 Å². The minimum Gasteiger partial charge on any atom is -0.463 e. The van der Waals surface area contributed by atoms with E-state index in [9.17, 15) is 5.11 Å².